The summed E-state index contributed by atoms with van der Waals surface area (Å²) in [6, 6.07) is 10.1. The summed E-state index contributed by atoms with van der Waals surface area (Å²) in [7, 11) is 3.30. The van der Waals surface area contributed by atoms with Gasteiger partial charge in [-0.05, 0) is 68.7 Å². The largest absolute Gasteiger partial charge is 0.385 e. The van der Waals surface area contributed by atoms with Gasteiger partial charge in [-0.2, -0.15) is 0 Å². The van der Waals surface area contributed by atoms with Crippen molar-refractivity contribution < 1.29 is 9.53 Å². The molecule has 0 saturated heterocycles. The van der Waals surface area contributed by atoms with Gasteiger partial charge in [-0.3, -0.25) is 9.36 Å². The molecule has 1 heterocycles. The predicted molar refractivity (Wildman–Crippen MR) is 129 cm³/mol. The quantitative estimate of drug-likeness (QED) is 0.516. The van der Waals surface area contributed by atoms with Gasteiger partial charge < -0.3 is 15.0 Å². The van der Waals surface area contributed by atoms with Gasteiger partial charge in [-0.25, -0.2) is 9.78 Å². The molecule has 0 aliphatic heterocycles. The molecule has 2 aromatic carbocycles. The van der Waals surface area contributed by atoms with Crippen molar-refractivity contribution in [2.75, 3.05) is 25.6 Å². The minimum absolute atomic E-state index is 0.181. The average Bonchev–Trinajstić information content (AvgIpc) is 2.75. The highest BCUT2D eigenvalue weighted by Crippen LogP contribution is 2.23. The van der Waals surface area contributed by atoms with E-state index in [1.807, 2.05) is 39.0 Å². The monoisotopic (exact) mass is 456 g/mol. The maximum Gasteiger partial charge on any atom is 0.322 e. The number of ether oxygens (including phenoxy) is 1. The van der Waals surface area contributed by atoms with Crippen LogP contribution in [-0.2, 0) is 11.8 Å². The van der Waals surface area contributed by atoms with Crippen LogP contribution < -0.4 is 10.9 Å². The Morgan fingerprint density at radius 1 is 1.22 bits per heavy atom. The summed E-state index contributed by atoms with van der Waals surface area (Å²) in [5.41, 5.74) is 3.29. The maximum absolute atomic E-state index is 13.3. The summed E-state index contributed by atoms with van der Waals surface area (Å²) in [6.45, 7) is 6.85. The number of hydrogen-bond acceptors (Lipinski definition) is 4. The zero-order valence-corrected chi connectivity index (χ0v) is 19.9. The number of benzene rings is 2. The van der Waals surface area contributed by atoms with Crippen molar-refractivity contribution in [1.82, 2.24) is 14.5 Å². The number of amides is 2. The Kier molecular flexibility index (Phi) is 7.53. The van der Waals surface area contributed by atoms with Crippen LogP contribution in [-0.4, -0.2) is 40.7 Å². The number of carbonyl (C=O) groups excluding carboxylic acids is 1. The molecule has 3 rings (SSSR count). The molecule has 0 saturated carbocycles. The van der Waals surface area contributed by atoms with Crippen LogP contribution in [0.1, 0.15) is 36.3 Å². The van der Waals surface area contributed by atoms with E-state index < -0.39 is 6.04 Å². The Hall–Kier alpha value is -2.90. The van der Waals surface area contributed by atoms with Gasteiger partial charge in [0.05, 0.1) is 16.9 Å². The molecular weight excluding hydrogens is 428 g/mol. The van der Waals surface area contributed by atoms with Gasteiger partial charge >= 0.3 is 6.03 Å². The second kappa shape index (κ2) is 10.1. The van der Waals surface area contributed by atoms with Gasteiger partial charge in [-0.15, -0.1) is 0 Å². The fourth-order valence-corrected chi connectivity index (χ4v) is 3.81. The Morgan fingerprint density at radius 3 is 2.66 bits per heavy atom. The maximum atomic E-state index is 13.3. The van der Waals surface area contributed by atoms with E-state index in [0.29, 0.717) is 47.0 Å². The van der Waals surface area contributed by atoms with Gasteiger partial charge in [-0.1, -0.05) is 17.7 Å². The molecule has 0 bridgehead atoms. The van der Waals surface area contributed by atoms with Crippen molar-refractivity contribution in [2.45, 2.75) is 33.2 Å². The Morgan fingerprint density at radius 2 is 1.97 bits per heavy atom. The van der Waals surface area contributed by atoms with Crippen LogP contribution in [0, 0.1) is 13.8 Å². The third kappa shape index (κ3) is 5.11. The highest BCUT2D eigenvalue weighted by molar-refractivity contribution is 6.31. The molecular formula is C24H29ClN4O3. The van der Waals surface area contributed by atoms with E-state index in [4.69, 9.17) is 16.3 Å². The first kappa shape index (κ1) is 23.8. The van der Waals surface area contributed by atoms with E-state index in [1.54, 1.807) is 37.3 Å². The number of aromatic nitrogens is 2. The smallest absolute Gasteiger partial charge is 0.322 e. The fourth-order valence-electron chi connectivity index (χ4n) is 3.64. The lowest BCUT2D eigenvalue weighted by Crippen LogP contribution is -2.40. The number of urea groups is 1. The zero-order valence-electron chi connectivity index (χ0n) is 19.1. The van der Waals surface area contributed by atoms with Crippen LogP contribution in [0.15, 0.2) is 41.2 Å². The molecule has 1 atom stereocenters. The molecule has 0 fully saturated rings. The lowest BCUT2D eigenvalue weighted by Gasteiger charge is -2.30. The standard InChI is InChI=1S/C24H29ClN4O3/c1-15-7-9-19(13-16(15)2)26-24(31)29(11-6-12-32-5)17(3)22-27-21-14-18(25)8-10-20(21)23(30)28(22)4/h7-10,13-14,17H,6,11-12H2,1-5H3,(H,26,31). The number of nitrogens with one attached hydrogen (secondary N) is 1. The van der Waals surface area contributed by atoms with E-state index in [2.05, 4.69) is 10.3 Å². The normalized spacial score (nSPS) is 12.1. The lowest BCUT2D eigenvalue weighted by molar-refractivity contribution is 0.158. The minimum Gasteiger partial charge on any atom is -0.385 e. The first-order chi connectivity index (χ1) is 15.2. The number of methoxy groups -OCH3 is 1. The van der Waals surface area contributed by atoms with Crippen molar-refractivity contribution >= 4 is 34.2 Å². The molecule has 0 radical (unpaired) electrons. The van der Waals surface area contributed by atoms with Crippen molar-refractivity contribution in [3.05, 3.63) is 68.7 Å². The number of nitrogens with zero attached hydrogens (tertiary/aromatic N) is 3. The van der Waals surface area contributed by atoms with Crippen molar-refractivity contribution in [3.63, 3.8) is 0 Å². The van der Waals surface area contributed by atoms with E-state index >= 15 is 0 Å². The molecule has 32 heavy (non-hydrogen) atoms. The molecule has 1 aromatic heterocycles. The van der Waals surface area contributed by atoms with Crippen molar-refractivity contribution in [2.24, 2.45) is 7.05 Å². The van der Waals surface area contributed by atoms with Crippen LogP contribution in [0.25, 0.3) is 10.9 Å². The van der Waals surface area contributed by atoms with E-state index in [-0.39, 0.29) is 11.6 Å². The molecule has 0 aliphatic carbocycles. The topological polar surface area (TPSA) is 76.5 Å². The van der Waals surface area contributed by atoms with Gasteiger partial charge in [0.15, 0.2) is 0 Å². The van der Waals surface area contributed by atoms with Gasteiger partial charge in [0, 0.05) is 38.0 Å². The molecule has 0 aliphatic rings. The SMILES string of the molecule is COCCCN(C(=O)Nc1ccc(C)c(C)c1)C(C)c1nc2cc(Cl)ccc2c(=O)n1C. The lowest BCUT2D eigenvalue weighted by atomic mass is 10.1. The third-order valence-electron chi connectivity index (χ3n) is 5.68. The first-order valence-corrected chi connectivity index (χ1v) is 10.9. The summed E-state index contributed by atoms with van der Waals surface area (Å²) in [4.78, 5) is 32.5. The molecule has 7 nitrogen and oxygen atoms in total. The third-order valence-corrected chi connectivity index (χ3v) is 5.92. The summed E-state index contributed by atoms with van der Waals surface area (Å²) in [6.07, 6.45) is 0.647. The Bertz CT molecular complexity index is 1190. The second-order valence-corrected chi connectivity index (χ2v) is 8.38. The number of fused-ring (bicyclic) bond motifs is 1. The predicted octanol–water partition coefficient (Wildman–Crippen LogP) is 4.84. The number of anilines is 1. The number of rotatable bonds is 7. The van der Waals surface area contributed by atoms with Gasteiger partial charge in [0.25, 0.3) is 5.56 Å². The number of halogens is 1. The van der Waals surface area contributed by atoms with Crippen molar-refractivity contribution in [1.29, 1.82) is 0 Å². The highest BCUT2D eigenvalue weighted by atomic mass is 35.5. The van der Waals surface area contributed by atoms with Crippen LogP contribution in [0.3, 0.4) is 0 Å². The summed E-state index contributed by atoms with van der Waals surface area (Å²) >= 11 is 6.12. The van der Waals surface area contributed by atoms with Gasteiger partial charge in [0.1, 0.15) is 5.82 Å². The summed E-state index contributed by atoms with van der Waals surface area (Å²) < 4.78 is 6.67. The van der Waals surface area contributed by atoms with Crippen LogP contribution in [0.4, 0.5) is 10.5 Å². The average molecular weight is 457 g/mol. The van der Waals surface area contributed by atoms with Crippen LogP contribution in [0.5, 0.6) is 0 Å². The van der Waals surface area contributed by atoms with E-state index in [1.165, 1.54) is 4.57 Å². The number of carbonyl (C=O) groups is 1. The Labute approximate surface area is 193 Å². The molecule has 1 unspecified atom stereocenters. The summed E-state index contributed by atoms with van der Waals surface area (Å²) in [5.74, 6) is 0.484. The van der Waals surface area contributed by atoms with Crippen LogP contribution >= 0.6 is 11.6 Å². The number of aryl methyl sites for hydroxylation is 2. The fraction of sp³-hybridized carbons (Fsp3) is 0.375. The molecule has 3 aromatic rings. The highest BCUT2D eigenvalue weighted by Gasteiger charge is 2.25. The molecule has 170 valence electrons. The van der Waals surface area contributed by atoms with Crippen LogP contribution in [0.2, 0.25) is 5.02 Å². The van der Waals surface area contributed by atoms with E-state index in [9.17, 15) is 9.59 Å². The van der Waals surface area contributed by atoms with Gasteiger partial charge in [0.2, 0.25) is 0 Å². The molecule has 1 N–H and O–H groups in total. The second-order valence-electron chi connectivity index (χ2n) is 7.94. The Balaban J connectivity index is 1.97. The summed E-state index contributed by atoms with van der Waals surface area (Å²) in [5, 5.41) is 3.96. The molecule has 2 amide bonds. The zero-order chi connectivity index (χ0) is 23.4. The van der Waals surface area contributed by atoms with E-state index in [0.717, 1.165) is 11.1 Å². The minimum atomic E-state index is -0.459. The number of hydrogen-bond donors (Lipinski definition) is 1. The first-order valence-electron chi connectivity index (χ1n) is 10.5. The molecule has 8 heteroatoms. The molecule has 0 spiro atoms. The van der Waals surface area contributed by atoms with Crippen molar-refractivity contribution in [3.8, 4) is 0 Å².